The van der Waals surface area contributed by atoms with Crippen molar-refractivity contribution < 1.29 is 14.4 Å². The van der Waals surface area contributed by atoms with Gasteiger partial charge in [-0.2, -0.15) is 0 Å². The molecule has 150 valence electrons. The summed E-state index contributed by atoms with van der Waals surface area (Å²) in [6, 6.07) is 16.4. The molecule has 29 heavy (non-hydrogen) atoms. The van der Waals surface area contributed by atoms with Crippen molar-refractivity contribution in [2.75, 3.05) is 5.32 Å². The van der Waals surface area contributed by atoms with Crippen LogP contribution in [0.25, 0.3) is 0 Å². The summed E-state index contributed by atoms with van der Waals surface area (Å²) in [5.74, 6) is -0.0848. The van der Waals surface area contributed by atoms with Gasteiger partial charge in [0.2, 0.25) is 11.8 Å². The van der Waals surface area contributed by atoms with Gasteiger partial charge in [-0.3, -0.25) is 14.4 Å². The summed E-state index contributed by atoms with van der Waals surface area (Å²) < 4.78 is 0. The first-order valence-electron chi connectivity index (χ1n) is 10.1. The van der Waals surface area contributed by atoms with Crippen molar-refractivity contribution >= 4 is 23.4 Å². The van der Waals surface area contributed by atoms with E-state index in [-0.39, 0.29) is 42.1 Å². The highest BCUT2D eigenvalue weighted by Crippen LogP contribution is 2.30. The predicted molar refractivity (Wildman–Crippen MR) is 110 cm³/mol. The maximum Gasteiger partial charge on any atom is 0.251 e. The fraction of sp³-hybridized carbons (Fsp3) is 0.348. The van der Waals surface area contributed by atoms with Crippen LogP contribution in [0.3, 0.4) is 0 Å². The number of anilines is 1. The predicted octanol–water partition coefficient (Wildman–Crippen LogP) is 2.95. The Labute approximate surface area is 170 Å². The van der Waals surface area contributed by atoms with Crippen molar-refractivity contribution in [1.29, 1.82) is 0 Å². The summed E-state index contributed by atoms with van der Waals surface area (Å²) in [5.41, 5.74) is 2.16. The topological polar surface area (TPSA) is 78.5 Å². The molecule has 3 amide bonds. The van der Waals surface area contributed by atoms with Crippen LogP contribution in [0.5, 0.6) is 0 Å². The van der Waals surface area contributed by atoms with Gasteiger partial charge in [0.1, 0.15) is 0 Å². The summed E-state index contributed by atoms with van der Waals surface area (Å²) in [6.45, 7) is 2.50. The zero-order valence-corrected chi connectivity index (χ0v) is 16.4. The quantitative estimate of drug-likeness (QED) is 0.795. The first-order valence-corrected chi connectivity index (χ1v) is 10.1. The van der Waals surface area contributed by atoms with Crippen molar-refractivity contribution in [3.8, 4) is 0 Å². The van der Waals surface area contributed by atoms with E-state index in [0.29, 0.717) is 17.8 Å². The van der Waals surface area contributed by atoms with Gasteiger partial charge in [-0.15, -0.1) is 0 Å². The largest absolute Gasteiger partial charge is 0.347 e. The summed E-state index contributed by atoms with van der Waals surface area (Å²) in [5, 5.41) is 5.85. The Kier molecular flexibility index (Phi) is 5.34. The third kappa shape index (κ3) is 4.47. The molecule has 6 heteroatoms. The van der Waals surface area contributed by atoms with E-state index in [9.17, 15) is 14.4 Å². The van der Waals surface area contributed by atoms with Crippen LogP contribution in [0.1, 0.15) is 42.1 Å². The first kappa shape index (κ1) is 19.2. The van der Waals surface area contributed by atoms with E-state index >= 15 is 0 Å². The number of nitrogens with one attached hydrogen (secondary N) is 2. The van der Waals surface area contributed by atoms with Crippen molar-refractivity contribution in [3.05, 3.63) is 65.7 Å². The first-order chi connectivity index (χ1) is 14.0. The lowest BCUT2D eigenvalue weighted by Gasteiger charge is -2.25. The maximum atomic E-state index is 12.7. The van der Waals surface area contributed by atoms with Crippen molar-refractivity contribution in [2.45, 2.75) is 44.8 Å². The van der Waals surface area contributed by atoms with Gasteiger partial charge in [0, 0.05) is 36.2 Å². The van der Waals surface area contributed by atoms with Gasteiger partial charge >= 0.3 is 0 Å². The SMILES string of the molecule is C[C@@H]1[C@H](NC(=O)c2cccc(NC(=O)C3CC3)c2)CC(=O)N1Cc1ccccc1. The minimum absolute atomic E-state index is 0.00845. The molecule has 2 aromatic rings. The number of amides is 3. The number of likely N-dealkylation sites (tertiary alicyclic amines) is 1. The van der Waals surface area contributed by atoms with E-state index in [1.165, 1.54) is 0 Å². The van der Waals surface area contributed by atoms with Crippen molar-refractivity contribution in [2.24, 2.45) is 5.92 Å². The third-order valence-electron chi connectivity index (χ3n) is 5.64. The molecule has 0 spiro atoms. The Morgan fingerprint density at radius 2 is 1.83 bits per heavy atom. The lowest BCUT2D eigenvalue weighted by molar-refractivity contribution is -0.129. The second kappa shape index (κ2) is 8.07. The minimum atomic E-state index is -0.247. The molecule has 0 aromatic heterocycles. The van der Waals surface area contributed by atoms with Gasteiger partial charge in [-0.1, -0.05) is 36.4 Å². The fourth-order valence-electron chi connectivity index (χ4n) is 3.68. The monoisotopic (exact) mass is 391 g/mol. The molecule has 0 radical (unpaired) electrons. The molecule has 1 heterocycles. The maximum absolute atomic E-state index is 12.7. The third-order valence-corrected chi connectivity index (χ3v) is 5.64. The van der Waals surface area contributed by atoms with Crippen molar-refractivity contribution in [3.63, 3.8) is 0 Å². The number of nitrogens with zero attached hydrogens (tertiary/aromatic N) is 1. The van der Waals surface area contributed by atoms with Gasteiger partial charge in [-0.25, -0.2) is 0 Å². The van der Waals surface area contributed by atoms with E-state index < -0.39 is 0 Å². The highest BCUT2D eigenvalue weighted by molar-refractivity contribution is 5.98. The zero-order valence-electron chi connectivity index (χ0n) is 16.4. The number of benzene rings is 2. The van der Waals surface area contributed by atoms with Crippen LogP contribution in [-0.2, 0) is 16.1 Å². The van der Waals surface area contributed by atoms with Crippen LogP contribution in [0.2, 0.25) is 0 Å². The fourth-order valence-corrected chi connectivity index (χ4v) is 3.68. The molecule has 2 aliphatic rings. The molecule has 1 saturated heterocycles. The number of carbonyl (C=O) groups excluding carboxylic acids is 3. The number of hydrogen-bond donors (Lipinski definition) is 2. The molecule has 6 nitrogen and oxygen atoms in total. The van der Waals surface area contributed by atoms with E-state index in [1.807, 2.05) is 42.2 Å². The Balaban J connectivity index is 1.39. The summed E-state index contributed by atoms with van der Waals surface area (Å²) in [7, 11) is 0. The molecular weight excluding hydrogens is 366 g/mol. The molecule has 2 N–H and O–H groups in total. The average molecular weight is 391 g/mol. The van der Waals surface area contributed by atoms with Gasteiger partial charge < -0.3 is 15.5 Å². The molecule has 0 bridgehead atoms. The molecule has 0 unspecified atom stereocenters. The highest BCUT2D eigenvalue weighted by atomic mass is 16.2. The van der Waals surface area contributed by atoms with E-state index in [1.54, 1.807) is 24.3 Å². The Bertz CT molecular complexity index is 924. The molecular formula is C23H25N3O3. The summed E-state index contributed by atoms with van der Waals surface area (Å²) in [6.07, 6.45) is 2.15. The van der Waals surface area contributed by atoms with Crippen LogP contribution in [-0.4, -0.2) is 34.7 Å². The van der Waals surface area contributed by atoms with Gasteiger partial charge in [-0.05, 0) is 43.5 Å². The molecule has 2 atom stereocenters. The second-order valence-electron chi connectivity index (χ2n) is 7.88. The Morgan fingerprint density at radius 3 is 2.55 bits per heavy atom. The summed E-state index contributed by atoms with van der Waals surface area (Å²) in [4.78, 5) is 39.0. The van der Waals surface area contributed by atoms with E-state index in [2.05, 4.69) is 10.6 Å². The highest BCUT2D eigenvalue weighted by Gasteiger charge is 2.37. The van der Waals surface area contributed by atoms with Gasteiger partial charge in [0.15, 0.2) is 0 Å². The number of rotatable bonds is 6. The zero-order chi connectivity index (χ0) is 20.4. The lowest BCUT2D eigenvalue weighted by Crippen LogP contribution is -2.43. The van der Waals surface area contributed by atoms with E-state index in [0.717, 1.165) is 18.4 Å². The second-order valence-corrected chi connectivity index (χ2v) is 7.88. The molecule has 4 rings (SSSR count). The van der Waals surface area contributed by atoms with Crippen LogP contribution in [0, 0.1) is 5.92 Å². The van der Waals surface area contributed by atoms with Gasteiger partial charge in [0.25, 0.3) is 5.91 Å². The Hall–Kier alpha value is -3.15. The summed E-state index contributed by atoms with van der Waals surface area (Å²) >= 11 is 0. The lowest BCUT2D eigenvalue weighted by atomic mass is 10.1. The molecule has 1 aliphatic heterocycles. The minimum Gasteiger partial charge on any atom is -0.347 e. The standard InChI is InChI=1S/C23H25N3O3/c1-15-20(13-21(27)26(15)14-16-6-3-2-4-7-16)25-23(29)18-8-5-9-19(12-18)24-22(28)17-10-11-17/h2-9,12,15,17,20H,10-11,13-14H2,1H3,(H,24,28)(H,25,29)/t15-,20-/m1/s1. The molecule has 1 saturated carbocycles. The molecule has 2 fully saturated rings. The average Bonchev–Trinajstić information content (AvgIpc) is 3.54. The number of hydrogen-bond acceptors (Lipinski definition) is 3. The van der Waals surface area contributed by atoms with Gasteiger partial charge in [0.05, 0.1) is 6.04 Å². The normalized spacial score (nSPS) is 21.1. The van der Waals surface area contributed by atoms with Crippen LogP contribution in [0.4, 0.5) is 5.69 Å². The smallest absolute Gasteiger partial charge is 0.251 e. The van der Waals surface area contributed by atoms with E-state index in [4.69, 9.17) is 0 Å². The Morgan fingerprint density at radius 1 is 1.07 bits per heavy atom. The van der Waals surface area contributed by atoms with Crippen molar-refractivity contribution in [1.82, 2.24) is 10.2 Å². The molecule has 1 aliphatic carbocycles. The van der Waals surface area contributed by atoms with Crippen LogP contribution >= 0.6 is 0 Å². The van der Waals surface area contributed by atoms with Crippen LogP contribution < -0.4 is 10.6 Å². The number of carbonyl (C=O) groups is 3. The molecule has 2 aromatic carbocycles. The van der Waals surface area contributed by atoms with Crippen LogP contribution in [0.15, 0.2) is 54.6 Å².